The van der Waals surface area contributed by atoms with Crippen molar-refractivity contribution in [3.05, 3.63) is 84.6 Å². The first-order valence-electron chi connectivity index (χ1n) is 30.8. The van der Waals surface area contributed by atoms with Crippen LogP contribution < -0.4 is 64.6 Å². The average molecular weight is 1270 g/mol. The summed E-state index contributed by atoms with van der Waals surface area (Å²) in [4.78, 5) is 165. The van der Waals surface area contributed by atoms with Crippen LogP contribution >= 0.6 is 0 Å². The fourth-order valence-electron chi connectivity index (χ4n) is 10.7. The van der Waals surface area contributed by atoms with Gasteiger partial charge in [-0.1, -0.05) is 70.9 Å². The molecule has 2 saturated heterocycles. The molecule has 17 N–H and O–H groups in total. The first-order chi connectivity index (χ1) is 43.5. The topological polar surface area (TPSA) is 450 Å². The lowest BCUT2D eigenvalue weighted by molar-refractivity contribution is -0.142. The van der Waals surface area contributed by atoms with Gasteiger partial charge in [0, 0.05) is 68.4 Å². The Balaban J connectivity index is 1.22. The first kappa shape index (κ1) is 70.5. The van der Waals surface area contributed by atoms with Gasteiger partial charge in [0.2, 0.25) is 65.0 Å². The number of amides is 11. The second kappa shape index (κ2) is 34.4. The van der Waals surface area contributed by atoms with Crippen LogP contribution in [-0.4, -0.2) is 188 Å². The number of phenols is 1. The van der Waals surface area contributed by atoms with Gasteiger partial charge >= 0.3 is 0 Å². The summed E-state index contributed by atoms with van der Waals surface area (Å²) in [5.41, 5.74) is 12.8. The summed E-state index contributed by atoms with van der Waals surface area (Å²) in [6, 6.07) is 1.06. The fraction of sp³-hybridized carbons (Fsp3) is 0.525. The van der Waals surface area contributed by atoms with Crippen LogP contribution in [0.2, 0.25) is 0 Å². The molecule has 91 heavy (non-hydrogen) atoms. The van der Waals surface area contributed by atoms with E-state index in [1.165, 1.54) is 46.3 Å². The van der Waals surface area contributed by atoms with Crippen molar-refractivity contribution >= 4 is 81.8 Å². The van der Waals surface area contributed by atoms with E-state index in [9.17, 15) is 63.0 Å². The number of phenolic OH excluding ortho intramolecular Hbond substituents is 1. The molecular formula is C61H87N17O13. The number of aliphatic hydroxyl groups is 1. The zero-order valence-electron chi connectivity index (χ0n) is 51.9. The summed E-state index contributed by atoms with van der Waals surface area (Å²) in [6.45, 7) is 7.86. The molecule has 2 aromatic carbocycles. The lowest BCUT2D eigenvalue weighted by atomic mass is 9.94. The highest BCUT2D eigenvalue weighted by Gasteiger charge is 2.41. The average Bonchev–Trinajstić information content (AvgIpc) is 2.00. The van der Waals surface area contributed by atoms with Crippen molar-refractivity contribution in [1.82, 2.24) is 72.6 Å². The molecule has 0 spiro atoms. The van der Waals surface area contributed by atoms with E-state index in [0.29, 0.717) is 54.3 Å². The number of H-pyrrole nitrogens is 1. The van der Waals surface area contributed by atoms with Gasteiger partial charge in [-0.2, -0.15) is 0 Å². The van der Waals surface area contributed by atoms with Gasteiger partial charge in [-0.25, -0.2) is 4.98 Å². The number of aromatic hydroxyl groups is 1. The summed E-state index contributed by atoms with van der Waals surface area (Å²) >= 11 is 0. The molecule has 0 radical (unpaired) electrons. The number of imidazole rings is 1. The number of fused-ring (bicyclic) bond motifs is 1. The maximum atomic E-state index is 14.8. The number of nitrogens with one attached hydrogen (secondary N) is 11. The fourth-order valence-corrected chi connectivity index (χ4v) is 10.7. The SMILES string of the molecule is CCNC(=O)CNC(=O)[C@@H]1CCCN1C(=O)[C@H](CCCN=C(N)N)NC(=O)[C@@H](NC(=O)[C@H](NC(=O)[C@H](Cc1ccc(O)cc1)NC(=O)C(CO)NC(=O)[C@H](Cc1c[nH]c2ccccc12)NC(=O)[C@H](Cn1ccnc1)NC(=O)[C@@H]1CCC(=O)N1)C(C)CC)C(C)CC. The predicted octanol–water partition coefficient (Wildman–Crippen LogP) is -2.39. The number of nitrogens with two attached hydrogens (primary N) is 2. The van der Waals surface area contributed by atoms with Gasteiger partial charge in [-0.3, -0.25) is 57.7 Å². The maximum absolute atomic E-state index is 14.8. The zero-order valence-corrected chi connectivity index (χ0v) is 51.9. The van der Waals surface area contributed by atoms with E-state index < -0.39 is 132 Å². The number of rotatable bonds is 34. The second-order valence-electron chi connectivity index (χ2n) is 22.9. The van der Waals surface area contributed by atoms with E-state index in [-0.39, 0.29) is 82.3 Å². The molecule has 30 nitrogen and oxygen atoms in total. The van der Waals surface area contributed by atoms with Crippen molar-refractivity contribution in [2.24, 2.45) is 28.3 Å². The summed E-state index contributed by atoms with van der Waals surface area (Å²) in [6.07, 6.45) is 7.66. The van der Waals surface area contributed by atoms with Gasteiger partial charge in [0.25, 0.3) is 0 Å². The largest absolute Gasteiger partial charge is 0.508 e. The highest BCUT2D eigenvalue weighted by molar-refractivity contribution is 6.00. The Morgan fingerprint density at radius 2 is 1.34 bits per heavy atom. The maximum Gasteiger partial charge on any atom is 0.245 e. The van der Waals surface area contributed by atoms with Crippen molar-refractivity contribution < 1.29 is 63.0 Å². The molecule has 4 heterocycles. The van der Waals surface area contributed by atoms with Crippen molar-refractivity contribution in [3.8, 4) is 5.75 Å². The molecule has 6 rings (SSSR count). The third-order valence-corrected chi connectivity index (χ3v) is 16.2. The number of hydrogen-bond acceptors (Lipinski definition) is 15. The lowest BCUT2D eigenvalue weighted by Crippen LogP contribution is -2.62. The smallest absolute Gasteiger partial charge is 0.245 e. The number of likely N-dealkylation sites (tertiary alicyclic amines) is 1. The number of aromatic nitrogens is 3. The Hall–Kier alpha value is -9.61. The number of nitrogens with zero attached hydrogens (tertiary/aromatic N) is 4. The monoisotopic (exact) mass is 1270 g/mol. The highest BCUT2D eigenvalue weighted by Crippen LogP contribution is 2.23. The van der Waals surface area contributed by atoms with Gasteiger partial charge < -0.3 is 89.3 Å². The Bertz CT molecular complexity index is 3210. The minimum absolute atomic E-state index is 0.0217. The number of hydrogen-bond donors (Lipinski definition) is 15. The predicted molar refractivity (Wildman–Crippen MR) is 333 cm³/mol. The molecule has 0 saturated carbocycles. The van der Waals surface area contributed by atoms with E-state index in [1.54, 1.807) is 65.2 Å². The van der Waals surface area contributed by atoms with Crippen molar-refractivity contribution in [2.75, 3.05) is 32.8 Å². The van der Waals surface area contributed by atoms with Crippen LogP contribution in [0, 0.1) is 11.8 Å². The standard InChI is InChI=1S/C61H87N17O13/c1-6-34(4)50(58(89)70-42(15-11-23-66-61(62)63)60(91)78-25-12-16-47(78)57(88)68-30-49(82)65-8-3)76-59(90)51(35(5)7-2)75-54(85)43(27-36-17-19-38(80)20-18-36)71-56(87)46(32-79)74-53(84)44(28-37-29-67-40-14-10-9-13-39(37)40)72-55(86)45(31-77-26-24-64-33-77)73-52(83)41-21-22-48(81)69-41/h9-10,13-14,17-20,24,26,29,33-35,41-47,50-51,67,79-80H,6-8,11-12,15-16,21-23,25,27-28,30-32H2,1-5H3,(H,65,82)(H,68,88)(H,69,81)(H,70,89)(H,71,87)(H,72,86)(H,73,83)(H,74,84)(H,75,85)(H,76,90)(H4,62,63,66)/t34?,35?,41-,42-,43-,44-,45-,46?,47-,50-,51+/m0/s1. The number of aliphatic hydroxyl groups excluding tert-OH is 1. The Morgan fingerprint density at radius 3 is 1.97 bits per heavy atom. The van der Waals surface area contributed by atoms with Crippen LogP contribution in [0.25, 0.3) is 10.9 Å². The van der Waals surface area contributed by atoms with E-state index in [4.69, 9.17) is 11.5 Å². The van der Waals surface area contributed by atoms with Crippen LogP contribution in [0.15, 0.2) is 78.4 Å². The molecule has 2 aromatic heterocycles. The Kier molecular flexibility index (Phi) is 26.6. The molecule has 30 heteroatoms. The van der Waals surface area contributed by atoms with E-state index in [1.807, 2.05) is 6.07 Å². The molecule has 4 aromatic rings. The minimum Gasteiger partial charge on any atom is -0.508 e. The number of aromatic amines is 1. The molecule has 2 fully saturated rings. The summed E-state index contributed by atoms with van der Waals surface area (Å²) in [5.74, 6) is -9.24. The quantitative estimate of drug-likeness (QED) is 0.0132. The molecule has 2 aliphatic heterocycles. The van der Waals surface area contributed by atoms with E-state index in [0.717, 1.165) is 0 Å². The molecule has 0 aliphatic carbocycles. The van der Waals surface area contributed by atoms with E-state index in [2.05, 4.69) is 68.1 Å². The van der Waals surface area contributed by atoms with Crippen molar-refractivity contribution in [1.29, 1.82) is 0 Å². The number of likely N-dealkylation sites (N-methyl/N-ethyl adjacent to an activating group) is 1. The van der Waals surface area contributed by atoms with Crippen LogP contribution in [0.5, 0.6) is 5.75 Å². The zero-order chi connectivity index (χ0) is 66.3. The third kappa shape index (κ3) is 20.5. The van der Waals surface area contributed by atoms with Gasteiger partial charge in [-0.15, -0.1) is 0 Å². The van der Waals surface area contributed by atoms with Crippen LogP contribution in [0.3, 0.4) is 0 Å². The molecule has 3 unspecified atom stereocenters. The molecule has 11 amide bonds. The number of aliphatic imine (C=N–C) groups is 1. The Morgan fingerprint density at radius 1 is 0.725 bits per heavy atom. The number of benzene rings is 2. The lowest BCUT2D eigenvalue weighted by Gasteiger charge is -2.32. The van der Waals surface area contributed by atoms with E-state index >= 15 is 0 Å². The number of guanidine groups is 1. The number of para-hydroxylation sites is 1. The highest BCUT2D eigenvalue weighted by atomic mass is 16.3. The summed E-state index contributed by atoms with van der Waals surface area (Å²) in [7, 11) is 0. The summed E-state index contributed by atoms with van der Waals surface area (Å²) in [5, 5.41) is 48.3. The third-order valence-electron chi connectivity index (χ3n) is 16.2. The normalized spacial score (nSPS) is 17.4. The van der Waals surface area contributed by atoms with Gasteiger partial charge in [0.15, 0.2) is 5.96 Å². The van der Waals surface area contributed by atoms with Crippen LogP contribution in [-0.2, 0) is 72.1 Å². The minimum atomic E-state index is -1.77. The molecule has 494 valence electrons. The van der Waals surface area contributed by atoms with Crippen molar-refractivity contribution in [2.45, 2.75) is 160 Å². The summed E-state index contributed by atoms with van der Waals surface area (Å²) < 4.78 is 1.53. The van der Waals surface area contributed by atoms with Crippen LogP contribution in [0.4, 0.5) is 0 Å². The Labute approximate surface area is 526 Å². The second-order valence-corrected chi connectivity index (χ2v) is 22.9. The van der Waals surface area contributed by atoms with Gasteiger partial charge in [0.1, 0.15) is 60.1 Å². The number of carbonyl (C=O) groups excluding carboxylic acids is 11. The molecular weight excluding hydrogens is 1180 g/mol. The first-order valence-corrected chi connectivity index (χ1v) is 30.8. The molecule has 0 bridgehead atoms. The van der Waals surface area contributed by atoms with Crippen LogP contribution in [0.1, 0.15) is 97.1 Å². The van der Waals surface area contributed by atoms with Gasteiger partial charge in [0.05, 0.1) is 26.0 Å². The van der Waals surface area contributed by atoms with Gasteiger partial charge in [-0.05, 0) is 80.2 Å². The number of carbonyl (C=O) groups is 11. The van der Waals surface area contributed by atoms with Crippen molar-refractivity contribution in [3.63, 3.8) is 0 Å². The molecule has 11 atom stereocenters. The molecule has 2 aliphatic rings.